The second kappa shape index (κ2) is 9.53. The van der Waals surface area contributed by atoms with Crippen molar-refractivity contribution in [3.63, 3.8) is 0 Å². The highest BCUT2D eigenvalue weighted by Crippen LogP contribution is 2.29. The van der Waals surface area contributed by atoms with Crippen molar-refractivity contribution in [2.45, 2.75) is 41.8 Å². The van der Waals surface area contributed by atoms with E-state index in [4.69, 9.17) is 11.6 Å². The van der Waals surface area contributed by atoms with Crippen LogP contribution in [0.1, 0.15) is 30.7 Å². The molecule has 28 heavy (non-hydrogen) atoms. The van der Waals surface area contributed by atoms with Gasteiger partial charge in [-0.2, -0.15) is 4.31 Å². The van der Waals surface area contributed by atoms with Crippen LogP contribution in [0.5, 0.6) is 0 Å². The Labute approximate surface area is 177 Å². The van der Waals surface area contributed by atoms with Gasteiger partial charge in [-0.25, -0.2) is 8.42 Å². The van der Waals surface area contributed by atoms with Crippen LogP contribution in [0.15, 0.2) is 27.4 Å². The van der Waals surface area contributed by atoms with Crippen molar-refractivity contribution in [2.24, 2.45) is 0 Å². The molecule has 11 heteroatoms. The zero-order valence-electron chi connectivity index (χ0n) is 15.4. The van der Waals surface area contributed by atoms with E-state index in [1.807, 2.05) is 6.92 Å². The first-order chi connectivity index (χ1) is 13.4. The number of rotatable bonds is 6. The van der Waals surface area contributed by atoms with Crippen LogP contribution in [-0.4, -0.2) is 47.7 Å². The molecule has 152 valence electrons. The quantitative estimate of drug-likeness (QED) is 0.659. The molecule has 2 heterocycles. The van der Waals surface area contributed by atoms with Crippen molar-refractivity contribution in [3.05, 3.63) is 28.2 Å². The first-order valence-corrected chi connectivity index (χ1v) is 12.5. The number of amides is 1. The van der Waals surface area contributed by atoms with E-state index in [9.17, 15) is 13.2 Å². The minimum Gasteiger partial charge on any atom is -0.324 e. The van der Waals surface area contributed by atoms with Gasteiger partial charge in [0.25, 0.3) is 0 Å². The Morgan fingerprint density at radius 3 is 2.61 bits per heavy atom. The maximum Gasteiger partial charge on any atom is 0.243 e. The molecule has 1 aliphatic rings. The van der Waals surface area contributed by atoms with E-state index in [1.165, 1.54) is 45.6 Å². The molecule has 1 aromatic carbocycles. The summed E-state index contributed by atoms with van der Waals surface area (Å²) in [6, 6.07) is 4.42. The number of hydrogen-bond acceptors (Lipinski definition) is 7. The Morgan fingerprint density at radius 2 is 1.96 bits per heavy atom. The maximum atomic E-state index is 13.0. The number of sulfonamides is 1. The topological polar surface area (TPSA) is 92.3 Å². The van der Waals surface area contributed by atoms with Gasteiger partial charge in [0.2, 0.25) is 15.9 Å². The van der Waals surface area contributed by atoms with Crippen molar-refractivity contribution >= 4 is 56.3 Å². The zero-order chi connectivity index (χ0) is 20.1. The summed E-state index contributed by atoms with van der Waals surface area (Å²) in [5.41, 5.74) is 0.289. The number of aromatic nitrogens is 2. The Kier molecular flexibility index (Phi) is 7.32. The third-order valence-corrected chi connectivity index (χ3v) is 8.45. The van der Waals surface area contributed by atoms with E-state index >= 15 is 0 Å². The number of nitrogens with one attached hydrogen (secondary N) is 1. The predicted octanol–water partition coefficient (Wildman–Crippen LogP) is 3.80. The molecule has 1 fully saturated rings. The fraction of sp³-hybridized carbons (Fsp3) is 0.471. The molecular weight excluding hydrogens is 440 g/mol. The van der Waals surface area contributed by atoms with Crippen LogP contribution in [0.3, 0.4) is 0 Å². The second-order valence-electron chi connectivity index (χ2n) is 6.38. The first-order valence-electron chi connectivity index (χ1n) is 8.89. The number of aryl methyl sites for hydroxylation is 1. The van der Waals surface area contributed by atoms with Gasteiger partial charge in [0.15, 0.2) is 4.34 Å². The number of carbonyl (C=O) groups excluding carboxylic acids is 1. The normalized spacial score (nSPS) is 15.9. The summed E-state index contributed by atoms with van der Waals surface area (Å²) in [4.78, 5) is 12.4. The van der Waals surface area contributed by atoms with Crippen LogP contribution >= 0.6 is 34.7 Å². The lowest BCUT2D eigenvalue weighted by molar-refractivity contribution is -0.113. The molecule has 1 amide bonds. The van der Waals surface area contributed by atoms with Gasteiger partial charge < -0.3 is 5.32 Å². The average Bonchev–Trinajstić information content (AvgIpc) is 2.90. The van der Waals surface area contributed by atoms with Crippen LogP contribution in [0.4, 0.5) is 5.69 Å². The van der Waals surface area contributed by atoms with Crippen LogP contribution in [0.25, 0.3) is 0 Å². The second-order valence-corrected chi connectivity index (χ2v) is 11.1. The number of carbonyl (C=O) groups is 1. The van der Waals surface area contributed by atoms with Crippen molar-refractivity contribution in [2.75, 3.05) is 24.2 Å². The molecule has 0 atom stereocenters. The summed E-state index contributed by atoms with van der Waals surface area (Å²) in [5.74, 6) is -0.155. The fourth-order valence-corrected chi connectivity index (χ4v) is 6.17. The van der Waals surface area contributed by atoms with Gasteiger partial charge in [-0.15, -0.1) is 10.2 Å². The standard InChI is InChI=1S/C17H21ClN4O3S3/c1-12-20-21-17(27-12)26-11-16(23)19-15-10-13(6-7-14(15)18)28(24,25)22-8-4-2-3-5-9-22/h6-7,10H,2-5,8-9,11H2,1H3,(H,19,23). The van der Waals surface area contributed by atoms with Crippen LogP contribution in [-0.2, 0) is 14.8 Å². The van der Waals surface area contributed by atoms with Crippen molar-refractivity contribution < 1.29 is 13.2 Å². The van der Waals surface area contributed by atoms with Gasteiger partial charge >= 0.3 is 0 Å². The molecule has 1 saturated heterocycles. The van der Waals surface area contributed by atoms with Crippen molar-refractivity contribution in [3.8, 4) is 0 Å². The van der Waals surface area contributed by atoms with E-state index in [-0.39, 0.29) is 22.2 Å². The van der Waals surface area contributed by atoms with Gasteiger partial charge in [0.1, 0.15) is 5.01 Å². The summed E-state index contributed by atoms with van der Waals surface area (Å²) in [7, 11) is -3.61. The Hall–Kier alpha value is -1.20. The number of thioether (sulfide) groups is 1. The molecule has 3 rings (SSSR count). The average molecular weight is 461 g/mol. The van der Waals surface area contributed by atoms with Gasteiger partial charge in [0, 0.05) is 13.1 Å². The fourth-order valence-electron chi connectivity index (χ4n) is 2.84. The SMILES string of the molecule is Cc1nnc(SCC(=O)Nc2cc(S(=O)(=O)N3CCCCCC3)ccc2Cl)s1. The minimum absolute atomic E-state index is 0.133. The molecule has 0 aliphatic carbocycles. The lowest BCUT2D eigenvalue weighted by atomic mass is 10.2. The van der Waals surface area contributed by atoms with Gasteiger partial charge in [-0.1, -0.05) is 47.5 Å². The maximum absolute atomic E-state index is 13.0. The van der Waals surface area contributed by atoms with Crippen LogP contribution in [0.2, 0.25) is 5.02 Å². The molecule has 0 spiro atoms. The smallest absolute Gasteiger partial charge is 0.243 e. The zero-order valence-corrected chi connectivity index (χ0v) is 18.6. The molecule has 1 N–H and O–H groups in total. The highest BCUT2D eigenvalue weighted by molar-refractivity contribution is 8.01. The molecule has 0 bridgehead atoms. The number of anilines is 1. The minimum atomic E-state index is -3.61. The van der Waals surface area contributed by atoms with Crippen molar-refractivity contribution in [1.82, 2.24) is 14.5 Å². The lowest BCUT2D eigenvalue weighted by Gasteiger charge is -2.20. The van der Waals surface area contributed by atoms with Gasteiger partial charge in [-0.05, 0) is 38.0 Å². The Morgan fingerprint density at radius 1 is 1.25 bits per heavy atom. The lowest BCUT2D eigenvalue weighted by Crippen LogP contribution is -2.32. The van der Waals surface area contributed by atoms with Crippen LogP contribution in [0, 0.1) is 6.92 Å². The third kappa shape index (κ3) is 5.44. The molecule has 1 aromatic heterocycles. The summed E-state index contributed by atoms with van der Waals surface area (Å²) >= 11 is 8.86. The third-order valence-electron chi connectivity index (χ3n) is 4.25. The van der Waals surface area contributed by atoms with E-state index in [2.05, 4.69) is 15.5 Å². The van der Waals surface area contributed by atoms with E-state index in [0.717, 1.165) is 30.7 Å². The van der Waals surface area contributed by atoms with Gasteiger partial charge in [0.05, 0.1) is 21.4 Å². The predicted molar refractivity (Wildman–Crippen MR) is 113 cm³/mol. The summed E-state index contributed by atoms with van der Waals surface area (Å²) in [6.45, 7) is 2.88. The number of hydrogen-bond donors (Lipinski definition) is 1. The largest absolute Gasteiger partial charge is 0.324 e. The summed E-state index contributed by atoms with van der Waals surface area (Å²) in [5, 5.41) is 11.7. The summed E-state index contributed by atoms with van der Waals surface area (Å²) < 4.78 is 28.1. The van der Waals surface area contributed by atoms with Crippen molar-refractivity contribution in [1.29, 1.82) is 0 Å². The monoisotopic (exact) mass is 460 g/mol. The van der Waals surface area contributed by atoms with E-state index in [1.54, 1.807) is 0 Å². The molecule has 0 saturated carbocycles. The number of halogens is 1. The first kappa shape index (κ1) is 21.5. The molecule has 0 unspecified atom stereocenters. The van der Waals surface area contributed by atoms with Gasteiger partial charge in [-0.3, -0.25) is 4.79 Å². The molecule has 0 radical (unpaired) electrons. The molecule has 1 aliphatic heterocycles. The molecule has 7 nitrogen and oxygen atoms in total. The number of nitrogens with zero attached hydrogens (tertiary/aromatic N) is 3. The van der Waals surface area contributed by atoms with Crippen LogP contribution < -0.4 is 5.32 Å². The Bertz CT molecular complexity index is 941. The highest BCUT2D eigenvalue weighted by Gasteiger charge is 2.26. The van der Waals surface area contributed by atoms with E-state index < -0.39 is 10.0 Å². The van der Waals surface area contributed by atoms with E-state index in [0.29, 0.717) is 22.5 Å². The highest BCUT2D eigenvalue weighted by atomic mass is 35.5. The number of benzene rings is 1. The Balaban J connectivity index is 1.70. The molecular formula is C17H21ClN4O3S3. The summed E-state index contributed by atoms with van der Waals surface area (Å²) in [6.07, 6.45) is 3.80. The molecule has 2 aromatic rings.